The number of Topliss-reactive ketones (excluding diaryl/α,β-unsaturated/α-hetero) is 1. The van der Waals surface area contributed by atoms with Crippen LogP contribution in [0.25, 0.3) is 0 Å². The number of ketones is 1. The van der Waals surface area contributed by atoms with Gasteiger partial charge in [-0.3, -0.25) is 14.4 Å². The summed E-state index contributed by atoms with van der Waals surface area (Å²) in [6, 6.07) is 10.9. The molecule has 2 aromatic rings. The molecule has 1 heterocycles. The van der Waals surface area contributed by atoms with Crippen molar-refractivity contribution < 1.29 is 28.7 Å². The highest BCUT2D eigenvalue weighted by atomic mass is 16.5. The number of carbonyl (C=O) groups excluding carboxylic acids is 4. The Labute approximate surface area is 173 Å². The molecule has 2 amide bonds. The van der Waals surface area contributed by atoms with Crippen molar-refractivity contribution in [1.82, 2.24) is 0 Å². The Bertz CT molecular complexity index is 1030. The Kier molecular flexibility index (Phi) is 5.35. The molecule has 0 bridgehead atoms. The summed E-state index contributed by atoms with van der Waals surface area (Å²) >= 11 is 0. The summed E-state index contributed by atoms with van der Waals surface area (Å²) in [5.74, 6) is -1.08. The normalized spacial score (nSPS) is 18.4. The number of hydrogen-bond acceptors (Lipinski definition) is 6. The molecule has 0 spiro atoms. The zero-order valence-corrected chi connectivity index (χ0v) is 16.6. The van der Waals surface area contributed by atoms with E-state index in [4.69, 9.17) is 9.47 Å². The van der Waals surface area contributed by atoms with Crippen LogP contribution in [0.1, 0.15) is 63.7 Å². The first-order chi connectivity index (χ1) is 14.5. The SMILES string of the molecule is CCOc1ccc(N2C(=O)c3ccc(C(=O)O[C@@H]4CCCCC4=O)cc3C2=O)cc1. The minimum Gasteiger partial charge on any atom is -0.494 e. The molecule has 154 valence electrons. The highest BCUT2D eigenvalue weighted by Gasteiger charge is 2.37. The highest BCUT2D eigenvalue weighted by Crippen LogP contribution is 2.30. The minimum absolute atomic E-state index is 0.0799. The zero-order chi connectivity index (χ0) is 21.3. The molecule has 30 heavy (non-hydrogen) atoms. The molecule has 0 N–H and O–H groups in total. The topological polar surface area (TPSA) is 90.0 Å². The van der Waals surface area contributed by atoms with E-state index in [-0.39, 0.29) is 22.5 Å². The highest BCUT2D eigenvalue weighted by molar-refractivity contribution is 6.34. The van der Waals surface area contributed by atoms with Crippen molar-refractivity contribution in [2.24, 2.45) is 0 Å². The minimum atomic E-state index is -0.739. The molecule has 1 aliphatic carbocycles. The van der Waals surface area contributed by atoms with Gasteiger partial charge in [-0.2, -0.15) is 0 Å². The second-order valence-corrected chi connectivity index (χ2v) is 7.24. The van der Waals surface area contributed by atoms with Crippen LogP contribution in [0.4, 0.5) is 5.69 Å². The van der Waals surface area contributed by atoms with Crippen LogP contribution in [0.15, 0.2) is 42.5 Å². The quantitative estimate of drug-likeness (QED) is 0.556. The molecule has 1 aliphatic heterocycles. The van der Waals surface area contributed by atoms with Crippen molar-refractivity contribution in [1.29, 1.82) is 0 Å². The van der Waals surface area contributed by atoms with Gasteiger partial charge in [-0.05, 0) is 68.7 Å². The fraction of sp³-hybridized carbons (Fsp3) is 0.304. The number of amides is 2. The van der Waals surface area contributed by atoms with Gasteiger partial charge in [-0.15, -0.1) is 0 Å². The molecular weight excluding hydrogens is 386 g/mol. The fourth-order valence-electron chi connectivity index (χ4n) is 3.73. The summed E-state index contributed by atoms with van der Waals surface area (Å²) in [5.41, 5.74) is 0.917. The smallest absolute Gasteiger partial charge is 0.338 e. The van der Waals surface area contributed by atoms with Crippen LogP contribution in [0.2, 0.25) is 0 Å². The van der Waals surface area contributed by atoms with Crippen LogP contribution in [0.3, 0.4) is 0 Å². The number of imide groups is 1. The van der Waals surface area contributed by atoms with Crippen LogP contribution >= 0.6 is 0 Å². The Morgan fingerprint density at radius 1 is 1.00 bits per heavy atom. The summed E-state index contributed by atoms with van der Waals surface area (Å²) < 4.78 is 10.7. The number of fused-ring (bicyclic) bond motifs is 1. The first-order valence-electron chi connectivity index (χ1n) is 9.99. The van der Waals surface area contributed by atoms with Gasteiger partial charge in [0.15, 0.2) is 11.9 Å². The first kappa shape index (κ1) is 19.8. The Balaban J connectivity index is 1.55. The molecular formula is C23H21NO6. The summed E-state index contributed by atoms with van der Waals surface area (Å²) in [7, 11) is 0. The second kappa shape index (κ2) is 8.10. The van der Waals surface area contributed by atoms with Gasteiger partial charge in [0.05, 0.1) is 29.0 Å². The van der Waals surface area contributed by atoms with E-state index in [1.165, 1.54) is 18.2 Å². The summed E-state index contributed by atoms with van der Waals surface area (Å²) in [4.78, 5) is 51.2. The Hall–Kier alpha value is -3.48. The third kappa shape index (κ3) is 3.58. The predicted octanol–water partition coefficient (Wildman–Crippen LogP) is 3.55. The lowest BCUT2D eigenvalue weighted by Crippen LogP contribution is -2.30. The van der Waals surface area contributed by atoms with Crippen LogP contribution in [-0.4, -0.2) is 36.3 Å². The number of rotatable bonds is 5. The number of esters is 1. The van der Waals surface area contributed by atoms with Gasteiger partial charge in [0.25, 0.3) is 11.8 Å². The number of benzene rings is 2. The van der Waals surface area contributed by atoms with E-state index < -0.39 is 23.9 Å². The number of nitrogens with zero attached hydrogens (tertiary/aromatic N) is 1. The lowest BCUT2D eigenvalue weighted by atomic mass is 9.96. The lowest BCUT2D eigenvalue weighted by molar-refractivity contribution is -0.129. The van der Waals surface area contributed by atoms with E-state index in [0.717, 1.165) is 17.7 Å². The molecule has 7 nitrogen and oxygen atoms in total. The molecule has 1 fully saturated rings. The maximum atomic E-state index is 12.9. The van der Waals surface area contributed by atoms with Crippen LogP contribution in [0.5, 0.6) is 5.75 Å². The molecule has 2 aromatic carbocycles. The van der Waals surface area contributed by atoms with Crippen molar-refractivity contribution in [2.45, 2.75) is 38.7 Å². The van der Waals surface area contributed by atoms with Crippen molar-refractivity contribution in [3.63, 3.8) is 0 Å². The summed E-state index contributed by atoms with van der Waals surface area (Å²) in [6.07, 6.45) is 1.82. The molecule has 4 rings (SSSR count). The number of ether oxygens (including phenoxy) is 2. The van der Waals surface area contributed by atoms with Gasteiger partial charge >= 0.3 is 5.97 Å². The Morgan fingerprint density at radius 3 is 2.43 bits per heavy atom. The Morgan fingerprint density at radius 2 is 1.73 bits per heavy atom. The molecule has 7 heteroatoms. The van der Waals surface area contributed by atoms with Gasteiger partial charge in [0, 0.05) is 6.42 Å². The van der Waals surface area contributed by atoms with E-state index >= 15 is 0 Å². The predicted molar refractivity (Wildman–Crippen MR) is 108 cm³/mol. The van der Waals surface area contributed by atoms with E-state index in [1.54, 1.807) is 24.3 Å². The van der Waals surface area contributed by atoms with E-state index in [2.05, 4.69) is 0 Å². The van der Waals surface area contributed by atoms with Crippen molar-refractivity contribution in [2.75, 3.05) is 11.5 Å². The van der Waals surface area contributed by atoms with E-state index in [0.29, 0.717) is 30.9 Å². The molecule has 0 aromatic heterocycles. The standard InChI is InChI=1S/C23H21NO6/c1-2-29-16-10-8-15(9-11-16)24-21(26)17-12-7-14(13-18(17)22(24)27)23(28)30-20-6-4-3-5-19(20)25/h7-13,20H,2-6H2,1H3/t20-/m1/s1. The molecule has 0 saturated heterocycles. The van der Waals surface area contributed by atoms with Gasteiger partial charge in [0.1, 0.15) is 5.75 Å². The fourth-order valence-corrected chi connectivity index (χ4v) is 3.73. The number of hydrogen-bond donors (Lipinski definition) is 0. The molecule has 0 unspecified atom stereocenters. The molecule has 1 atom stereocenters. The largest absolute Gasteiger partial charge is 0.494 e. The lowest BCUT2D eigenvalue weighted by Gasteiger charge is -2.20. The maximum absolute atomic E-state index is 12.9. The summed E-state index contributed by atoms with van der Waals surface area (Å²) in [6.45, 7) is 2.38. The van der Waals surface area contributed by atoms with Crippen LogP contribution in [0, 0.1) is 0 Å². The molecule has 0 radical (unpaired) electrons. The third-order valence-corrected chi connectivity index (χ3v) is 5.28. The van der Waals surface area contributed by atoms with Gasteiger partial charge in [-0.25, -0.2) is 9.69 Å². The second-order valence-electron chi connectivity index (χ2n) is 7.24. The van der Waals surface area contributed by atoms with E-state index in [1.807, 2.05) is 6.92 Å². The molecule has 2 aliphatic rings. The number of anilines is 1. The van der Waals surface area contributed by atoms with Crippen molar-refractivity contribution in [3.05, 3.63) is 59.2 Å². The van der Waals surface area contributed by atoms with Crippen molar-refractivity contribution in [3.8, 4) is 5.75 Å². The summed E-state index contributed by atoms with van der Waals surface area (Å²) in [5, 5.41) is 0. The molecule has 1 saturated carbocycles. The zero-order valence-electron chi connectivity index (χ0n) is 16.6. The van der Waals surface area contributed by atoms with E-state index in [9.17, 15) is 19.2 Å². The average molecular weight is 407 g/mol. The monoisotopic (exact) mass is 407 g/mol. The van der Waals surface area contributed by atoms with Gasteiger partial charge in [0.2, 0.25) is 0 Å². The number of carbonyl (C=O) groups is 4. The van der Waals surface area contributed by atoms with Gasteiger partial charge in [-0.1, -0.05) is 0 Å². The first-order valence-corrected chi connectivity index (χ1v) is 9.99. The maximum Gasteiger partial charge on any atom is 0.338 e. The van der Waals surface area contributed by atoms with Crippen LogP contribution in [-0.2, 0) is 9.53 Å². The van der Waals surface area contributed by atoms with Crippen molar-refractivity contribution >= 4 is 29.3 Å². The van der Waals surface area contributed by atoms with Crippen LogP contribution < -0.4 is 9.64 Å². The van der Waals surface area contributed by atoms with Gasteiger partial charge < -0.3 is 9.47 Å². The average Bonchev–Trinajstić information content (AvgIpc) is 3.00. The third-order valence-electron chi connectivity index (χ3n) is 5.28.